The number of anilines is 2. The second kappa shape index (κ2) is 6.08. The predicted octanol–water partition coefficient (Wildman–Crippen LogP) is 2.30. The number of nitrogens with two attached hydrogens (primary N) is 2. The van der Waals surface area contributed by atoms with Crippen LogP contribution < -0.4 is 11.5 Å². The molecule has 118 valence electrons. The quantitative estimate of drug-likeness (QED) is 0.798. The smallest absolute Gasteiger partial charge is 0.335 e. The van der Waals surface area contributed by atoms with Gasteiger partial charge >= 0.3 is 5.97 Å². The minimum absolute atomic E-state index is 0.223. The molecule has 0 fully saturated rings. The van der Waals surface area contributed by atoms with Crippen molar-refractivity contribution in [3.05, 3.63) is 52.7 Å². The molecule has 0 atom stereocenters. The molecule has 5 N–H and O–H groups in total. The second-order valence-electron chi connectivity index (χ2n) is 5.56. The molecule has 1 aromatic heterocycles. The maximum absolute atomic E-state index is 10.8. The lowest BCUT2D eigenvalue weighted by atomic mass is 10.0. The zero-order valence-corrected chi connectivity index (χ0v) is 12.6. The first-order valence-corrected chi connectivity index (χ1v) is 7.48. The van der Waals surface area contributed by atoms with E-state index in [-0.39, 0.29) is 5.95 Å². The zero-order chi connectivity index (χ0) is 16.4. The Morgan fingerprint density at radius 3 is 2.61 bits per heavy atom. The van der Waals surface area contributed by atoms with Crippen LogP contribution in [-0.4, -0.2) is 21.0 Å². The van der Waals surface area contributed by atoms with Gasteiger partial charge in [-0.15, -0.1) is 0 Å². The molecule has 6 heteroatoms. The van der Waals surface area contributed by atoms with Crippen molar-refractivity contribution < 1.29 is 9.90 Å². The van der Waals surface area contributed by atoms with Crippen LogP contribution in [0.2, 0.25) is 0 Å². The number of allylic oxidation sites excluding steroid dienone is 2. The van der Waals surface area contributed by atoms with E-state index in [4.69, 9.17) is 16.6 Å². The van der Waals surface area contributed by atoms with Crippen LogP contribution in [0.5, 0.6) is 0 Å². The highest BCUT2D eigenvalue weighted by Crippen LogP contribution is 2.35. The molecule has 6 nitrogen and oxygen atoms in total. The Morgan fingerprint density at radius 1 is 1.17 bits per heavy atom. The molecule has 2 aromatic rings. The molecule has 0 aliphatic heterocycles. The van der Waals surface area contributed by atoms with Crippen LogP contribution in [0.4, 0.5) is 11.8 Å². The molecule has 0 unspecified atom stereocenters. The van der Waals surface area contributed by atoms with Gasteiger partial charge in [-0.25, -0.2) is 9.78 Å². The number of fused-ring (bicyclic) bond motifs is 1. The van der Waals surface area contributed by atoms with Gasteiger partial charge in [-0.05, 0) is 49.0 Å². The maximum Gasteiger partial charge on any atom is 0.335 e. The van der Waals surface area contributed by atoms with Crippen LogP contribution in [0.3, 0.4) is 0 Å². The van der Waals surface area contributed by atoms with Crippen LogP contribution in [0.25, 0.3) is 5.57 Å². The van der Waals surface area contributed by atoms with Crippen molar-refractivity contribution in [1.29, 1.82) is 0 Å². The maximum atomic E-state index is 10.8. The summed E-state index contributed by atoms with van der Waals surface area (Å²) >= 11 is 0. The van der Waals surface area contributed by atoms with E-state index in [1.807, 2.05) is 12.1 Å². The van der Waals surface area contributed by atoms with E-state index < -0.39 is 5.97 Å². The van der Waals surface area contributed by atoms with E-state index in [9.17, 15) is 4.79 Å². The lowest BCUT2D eigenvalue weighted by molar-refractivity contribution is 0.0697. The van der Waals surface area contributed by atoms with E-state index in [0.29, 0.717) is 11.4 Å². The van der Waals surface area contributed by atoms with Crippen molar-refractivity contribution >= 4 is 23.3 Å². The number of hydrogen-bond acceptors (Lipinski definition) is 5. The monoisotopic (exact) mass is 310 g/mol. The standard InChI is InChI=1S/C17H18N4O2/c18-15-14-11(8-9-13(14)20-17(19)21-15)3-1-2-10-4-6-12(7-5-10)16(22)23/h3-7H,1-2,8-9H2,(H,22,23)(H4,18,19,20,21). The topological polar surface area (TPSA) is 115 Å². The van der Waals surface area contributed by atoms with Gasteiger partial charge in [-0.3, -0.25) is 0 Å². The fraction of sp³-hybridized carbons (Fsp3) is 0.235. The number of aromatic carboxylic acids is 1. The van der Waals surface area contributed by atoms with Gasteiger partial charge in [-0.1, -0.05) is 18.2 Å². The number of carboxylic acids is 1. The Labute approximate surface area is 133 Å². The van der Waals surface area contributed by atoms with E-state index in [1.165, 1.54) is 5.57 Å². The van der Waals surface area contributed by atoms with Crippen LogP contribution >= 0.6 is 0 Å². The molecule has 0 amide bonds. The van der Waals surface area contributed by atoms with E-state index >= 15 is 0 Å². The van der Waals surface area contributed by atoms with Crippen molar-refractivity contribution in [3.63, 3.8) is 0 Å². The molecule has 0 saturated carbocycles. The summed E-state index contributed by atoms with van der Waals surface area (Å²) in [6.07, 6.45) is 5.59. The molecular formula is C17H18N4O2. The third kappa shape index (κ3) is 3.15. The van der Waals surface area contributed by atoms with Crippen molar-refractivity contribution in [2.75, 3.05) is 11.5 Å². The van der Waals surface area contributed by atoms with Gasteiger partial charge in [-0.2, -0.15) is 4.98 Å². The summed E-state index contributed by atoms with van der Waals surface area (Å²) in [5.74, 6) is -0.237. The van der Waals surface area contributed by atoms with Gasteiger partial charge in [0.05, 0.1) is 11.3 Å². The van der Waals surface area contributed by atoms with Crippen LogP contribution in [-0.2, 0) is 12.8 Å². The third-order valence-electron chi connectivity index (χ3n) is 4.01. The molecule has 0 radical (unpaired) electrons. The molecule has 23 heavy (non-hydrogen) atoms. The number of benzene rings is 1. The Bertz CT molecular complexity index is 782. The second-order valence-corrected chi connectivity index (χ2v) is 5.56. The summed E-state index contributed by atoms with van der Waals surface area (Å²) in [6.45, 7) is 0. The molecule has 1 aliphatic rings. The Balaban J connectivity index is 1.70. The Morgan fingerprint density at radius 2 is 1.91 bits per heavy atom. The number of carboxylic acid groups (broad SMARTS) is 1. The molecule has 1 aliphatic carbocycles. The van der Waals surface area contributed by atoms with Crippen molar-refractivity contribution in [2.24, 2.45) is 0 Å². The molecule has 0 spiro atoms. The number of nitrogen functional groups attached to an aromatic ring is 2. The summed E-state index contributed by atoms with van der Waals surface area (Å²) in [4.78, 5) is 19.1. The SMILES string of the molecule is Nc1nc(N)c2c(n1)CCC2=CCCc1ccc(C(=O)O)cc1. The molecule has 1 heterocycles. The fourth-order valence-corrected chi connectivity index (χ4v) is 2.89. The summed E-state index contributed by atoms with van der Waals surface area (Å²) in [7, 11) is 0. The molecule has 0 saturated heterocycles. The van der Waals surface area contributed by atoms with Gasteiger partial charge in [0, 0.05) is 5.56 Å². The van der Waals surface area contributed by atoms with E-state index in [1.54, 1.807) is 12.1 Å². The average Bonchev–Trinajstić information content (AvgIpc) is 2.91. The number of carbonyl (C=O) groups is 1. The van der Waals surface area contributed by atoms with Crippen molar-refractivity contribution in [3.8, 4) is 0 Å². The van der Waals surface area contributed by atoms with E-state index in [0.717, 1.165) is 42.5 Å². The van der Waals surface area contributed by atoms with Gasteiger partial charge in [0.25, 0.3) is 0 Å². The first kappa shape index (κ1) is 15.0. The van der Waals surface area contributed by atoms with Gasteiger partial charge in [0.2, 0.25) is 5.95 Å². The van der Waals surface area contributed by atoms with Crippen molar-refractivity contribution in [2.45, 2.75) is 25.7 Å². The first-order valence-electron chi connectivity index (χ1n) is 7.48. The number of nitrogens with zero attached hydrogens (tertiary/aromatic N) is 2. The summed E-state index contributed by atoms with van der Waals surface area (Å²) in [5, 5.41) is 8.89. The lowest BCUT2D eigenvalue weighted by Gasteiger charge is -2.05. The highest BCUT2D eigenvalue weighted by atomic mass is 16.4. The molecular weight excluding hydrogens is 292 g/mol. The third-order valence-corrected chi connectivity index (χ3v) is 4.01. The largest absolute Gasteiger partial charge is 0.478 e. The lowest BCUT2D eigenvalue weighted by Crippen LogP contribution is -2.04. The van der Waals surface area contributed by atoms with Gasteiger partial charge in [0.15, 0.2) is 0 Å². The fourth-order valence-electron chi connectivity index (χ4n) is 2.89. The Hall–Kier alpha value is -2.89. The molecule has 0 bridgehead atoms. The number of aromatic nitrogens is 2. The number of aryl methyl sites for hydroxylation is 2. The zero-order valence-electron chi connectivity index (χ0n) is 12.6. The first-order chi connectivity index (χ1) is 11.0. The normalized spacial score (nSPS) is 14.9. The summed E-state index contributed by atoms with van der Waals surface area (Å²) in [6, 6.07) is 6.96. The van der Waals surface area contributed by atoms with Gasteiger partial charge in [0.1, 0.15) is 5.82 Å². The highest BCUT2D eigenvalue weighted by Gasteiger charge is 2.21. The number of hydrogen-bond donors (Lipinski definition) is 3. The van der Waals surface area contributed by atoms with Crippen LogP contribution in [0, 0.1) is 0 Å². The minimum atomic E-state index is -0.907. The number of rotatable bonds is 4. The van der Waals surface area contributed by atoms with Gasteiger partial charge < -0.3 is 16.6 Å². The summed E-state index contributed by atoms with van der Waals surface area (Å²) < 4.78 is 0. The Kier molecular flexibility index (Phi) is 3.97. The molecule has 3 rings (SSSR count). The van der Waals surface area contributed by atoms with E-state index in [2.05, 4.69) is 16.0 Å². The van der Waals surface area contributed by atoms with Crippen LogP contribution in [0.15, 0.2) is 30.3 Å². The van der Waals surface area contributed by atoms with Crippen LogP contribution in [0.1, 0.15) is 40.0 Å². The predicted molar refractivity (Wildman–Crippen MR) is 88.9 cm³/mol. The van der Waals surface area contributed by atoms with Crippen molar-refractivity contribution in [1.82, 2.24) is 9.97 Å². The molecule has 1 aromatic carbocycles. The average molecular weight is 310 g/mol. The highest BCUT2D eigenvalue weighted by molar-refractivity contribution is 5.87. The minimum Gasteiger partial charge on any atom is -0.478 e. The summed E-state index contributed by atoms with van der Waals surface area (Å²) in [5.41, 5.74) is 16.0.